The number of nitrogens with zero attached hydrogens (tertiary/aromatic N) is 3. The van der Waals surface area contributed by atoms with E-state index in [-0.39, 0.29) is 18.4 Å². The largest absolute Gasteiger partial charge is 0.479 e. The zero-order valence-corrected chi connectivity index (χ0v) is 18.1. The number of aliphatic carboxylic acids is 1. The second-order valence-electron chi connectivity index (χ2n) is 8.88. The van der Waals surface area contributed by atoms with Crippen LogP contribution in [0.1, 0.15) is 42.4 Å². The number of hydrogen-bond acceptors (Lipinski definition) is 5. The van der Waals surface area contributed by atoms with Crippen molar-refractivity contribution < 1.29 is 28.2 Å². The highest BCUT2D eigenvalue weighted by atomic mass is 19.2. The number of carboxylic acids is 1. The summed E-state index contributed by atoms with van der Waals surface area (Å²) in [5.41, 5.74) is 4.32. The van der Waals surface area contributed by atoms with Crippen LogP contribution >= 0.6 is 0 Å². The lowest BCUT2D eigenvalue weighted by Gasteiger charge is -2.26. The van der Waals surface area contributed by atoms with Crippen molar-refractivity contribution in [2.45, 2.75) is 37.2 Å². The predicted octanol–water partition coefficient (Wildman–Crippen LogP) is 4.03. The van der Waals surface area contributed by atoms with Gasteiger partial charge in [0.15, 0.2) is 23.4 Å². The molecule has 2 aliphatic rings. The highest BCUT2D eigenvalue weighted by molar-refractivity contribution is 5.94. The molecule has 3 aromatic heterocycles. The van der Waals surface area contributed by atoms with E-state index >= 15 is 0 Å². The minimum Gasteiger partial charge on any atom is -0.479 e. The fraction of sp³-hybridized carbons (Fsp3) is 0.375. The number of carbonyl (C=O) groups is 1. The molecule has 2 N–H and O–H groups in total. The number of aromatic nitrogens is 4. The Kier molecular flexibility index (Phi) is 5.07. The Morgan fingerprint density at radius 2 is 1.97 bits per heavy atom. The Balaban J connectivity index is 1.66. The number of H-pyrrole nitrogens is 1. The van der Waals surface area contributed by atoms with E-state index in [1.165, 1.54) is 6.07 Å². The molecule has 1 unspecified atom stereocenters. The van der Waals surface area contributed by atoms with E-state index in [1.807, 2.05) is 10.6 Å². The Morgan fingerprint density at radius 3 is 2.71 bits per heavy atom. The molecule has 0 amide bonds. The second-order valence-corrected chi connectivity index (χ2v) is 8.88. The average Bonchev–Trinajstić information content (AvgIpc) is 3.56. The van der Waals surface area contributed by atoms with E-state index in [1.54, 1.807) is 12.3 Å². The molecule has 4 aromatic rings. The zero-order chi connectivity index (χ0) is 23.4. The number of pyridine rings is 1. The summed E-state index contributed by atoms with van der Waals surface area (Å²) in [6.45, 7) is 1.41. The van der Waals surface area contributed by atoms with Crippen molar-refractivity contribution >= 4 is 28.0 Å². The van der Waals surface area contributed by atoms with Gasteiger partial charge in [-0.25, -0.2) is 18.6 Å². The predicted molar refractivity (Wildman–Crippen MR) is 118 cm³/mol. The van der Waals surface area contributed by atoms with Crippen molar-refractivity contribution in [3.8, 4) is 5.69 Å². The van der Waals surface area contributed by atoms with Gasteiger partial charge in [0.05, 0.1) is 23.8 Å². The molecule has 0 saturated carbocycles. The van der Waals surface area contributed by atoms with Gasteiger partial charge in [-0.15, -0.1) is 0 Å². The molecule has 8 nitrogen and oxygen atoms in total. The molecule has 2 aliphatic heterocycles. The minimum atomic E-state index is -0.997. The third kappa shape index (κ3) is 3.36. The number of nitrogens with one attached hydrogen (secondary N) is 1. The fourth-order valence-corrected chi connectivity index (χ4v) is 5.29. The van der Waals surface area contributed by atoms with Gasteiger partial charge >= 0.3 is 5.97 Å². The van der Waals surface area contributed by atoms with Crippen LogP contribution in [0.4, 0.5) is 8.78 Å². The molecule has 0 spiro atoms. The van der Waals surface area contributed by atoms with E-state index in [2.05, 4.69) is 10.2 Å². The number of benzene rings is 1. The Morgan fingerprint density at radius 1 is 1.15 bits per heavy atom. The summed E-state index contributed by atoms with van der Waals surface area (Å²) in [5, 5.41) is 17.3. The summed E-state index contributed by atoms with van der Waals surface area (Å²) in [7, 11) is 0. The average molecular weight is 468 g/mol. The van der Waals surface area contributed by atoms with Gasteiger partial charge in [-0.3, -0.25) is 5.10 Å². The second kappa shape index (κ2) is 8.14. The molecule has 1 aromatic carbocycles. The number of ether oxygens (including phenoxy) is 2. The molecule has 0 radical (unpaired) electrons. The Labute approximate surface area is 192 Å². The molecule has 5 heterocycles. The van der Waals surface area contributed by atoms with Gasteiger partial charge in [-0.2, -0.15) is 5.10 Å². The topological polar surface area (TPSA) is 102 Å². The number of carboxylic acid groups (broad SMARTS) is 1. The van der Waals surface area contributed by atoms with E-state index in [0.29, 0.717) is 36.5 Å². The third-order valence-electron chi connectivity index (χ3n) is 6.87. The molecule has 10 heteroatoms. The van der Waals surface area contributed by atoms with Gasteiger partial charge in [0.25, 0.3) is 0 Å². The maximum absolute atomic E-state index is 14.4. The number of aromatic amines is 1. The van der Waals surface area contributed by atoms with Crippen molar-refractivity contribution in [2.24, 2.45) is 0 Å². The number of halogens is 2. The van der Waals surface area contributed by atoms with E-state index in [0.717, 1.165) is 41.1 Å². The van der Waals surface area contributed by atoms with Crippen LogP contribution in [-0.4, -0.2) is 56.7 Å². The van der Waals surface area contributed by atoms with Gasteiger partial charge in [-0.1, -0.05) is 0 Å². The SMILES string of the molecule is O=C(O)[C@@H]1CC(c2c(C3CCOCC3)n(-c3ccc(F)c(F)c3)c3cc4cn[nH]c4nc23)CO1. The number of rotatable bonds is 4. The van der Waals surface area contributed by atoms with Crippen LogP contribution in [0, 0.1) is 11.6 Å². The van der Waals surface area contributed by atoms with Gasteiger partial charge in [0.1, 0.15) is 0 Å². The first-order valence-corrected chi connectivity index (χ1v) is 11.3. The van der Waals surface area contributed by atoms with Crippen LogP contribution in [0.2, 0.25) is 0 Å². The first kappa shape index (κ1) is 21.2. The van der Waals surface area contributed by atoms with Crippen molar-refractivity contribution in [2.75, 3.05) is 19.8 Å². The number of fused-ring (bicyclic) bond motifs is 2. The molecule has 2 fully saturated rings. The van der Waals surface area contributed by atoms with E-state index in [9.17, 15) is 18.7 Å². The quantitative estimate of drug-likeness (QED) is 0.469. The van der Waals surface area contributed by atoms with Crippen LogP contribution in [0.25, 0.3) is 27.8 Å². The Bertz CT molecular complexity index is 1410. The maximum atomic E-state index is 14.4. The summed E-state index contributed by atoms with van der Waals surface area (Å²) in [5.74, 6) is -2.99. The van der Waals surface area contributed by atoms with Crippen LogP contribution < -0.4 is 0 Å². The van der Waals surface area contributed by atoms with E-state index in [4.69, 9.17) is 14.5 Å². The van der Waals surface area contributed by atoms with Crippen LogP contribution in [-0.2, 0) is 14.3 Å². The maximum Gasteiger partial charge on any atom is 0.332 e. The molecule has 2 atom stereocenters. The number of hydrogen-bond donors (Lipinski definition) is 2. The summed E-state index contributed by atoms with van der Waals surface area (Å²) < 4.78 is 41.3. The smallest absolute Gasteiger partial charge is 0.332 e. The fourth-order valence-electron chi connectivity index (χ4n) is 5.29. The van der Waals surface area contributed by atoms with E-state index < -0.39 is 23.7 Å². The van der Waals surface area contributed by atoms with Crippen LogP contribution in [0.5, 0.6) is 0 Å². The highest BCUT2D eigenvalue weighted by Crippen LogP contribution is 2.44. The molecular formula is C24H22F2N4O4. The van der Waals surface area contributed by atoms with Crippen molar-refractivity contribution in [1.82, 2.24) is 19.7 Å². The normalized spacial score (nSPS) is 21.6. The van der Waals surface area contributed by atoms with Gasteiger partial charge < -0.3 is 19.1 Å². The third-order valence-corrected chi connectivity index (χ3v) is 6.87. The molecule has 6 rings (SSSR count). The molecular weight excluding hydrogens is 446 g/mol. The molecule has 0 aliphatic carbocycles. The van der Waals surface area contributed by atoms with Crippen molar-refractivity contribution in [3.63, 3.8) is 0 Å². The van der Waals surface area contributed by atoms with Crippen LogP contribution in [0.3, 0.4) is 0 Å². The molecule has 34 heavy (non-hydrogen) atoms. The Hall–Kier alpha value is -3.37. The monoisotopic (exact) mass is 468 g/mol. The van der Waals surface area contributed by atoms with Gasteiger partial charge in [-0.05, 0) is 37.5 Å². The van der Waals surface area contributed by atoms with Gasteiger partial charge in [0, 0.05) is 53.4 Å². The molecule has 0 bridgehead atoms. The summed E-state index contributed by atoms with van der Waals surface area (Å²) in [4.78, 5) is 16.5. The molecule has 2 saturated heterocycles. The summed E-state index contributed by atoms with van der Waals surface area (Å²) in [6.07, 6.45) is 2.58. The lowest BCUT2D eigenvalue weighted by Crippen LogP contribution is -2.20. The van der Waals surface area contributed by atoms with Gasteiger partial charge in [0.2, 0.25) is 0 Å². The summed E-state index contributed by atoms with van der Waals surface area (Å²) >= 11 is 0. The minimum absolute atomic E-state index is 0.0754. The zero-order valence-electron chi connectivity index (χ0n) is 18.1. The first-order valence-electron chi connectivity index (χ1n) is 11.3. The first-order chi connectivity index (χ1) is 16.5. The lowest BCUT2D eigenvalue weighted by atomic mass is 9.87. The highest BCUT2D eigenvalue weighted by Gasteiger charge is 2.38. The van der Waals surface area contributed by atoms with Crippen molar-refractivity contribution in [3.05, 3.63) is 53.4 Å². The van der Waals surface area contributed by atoms with Crippen molar-refractivity contribution in [1.29, 1.82) is 0 Å². The molecule has 176 valence electrons. The summed E-state index contributed by atoms with van der Waals surface area (Å²) in [6, 6.07) is 5.79. The van der Waals surface area contributed by atoms with Crippen LogP contribution in [0.15, 0.2) is 30.5 Å². The lowest BCUT2D eigenvalue weighted by molar-refractivity contribution is -0.147. The standard InChI is InChI=1S/C24H22F2N4O4/c25-16-2-1-15(9-17(16)26)30-18-7-13-10-27-29-23(13)28-21(18)20(14-8-19(24(31)32)34-11-14)22(30)12-3-5-33-6-4-12/h1-2,7,9-10,12,14,19H,3-6,8,11H2,(H,31,32)(H,27,28,29)/t14?,19-/m0/s1.